The van der Waals surface area contributed by atoms with Crippen molar-refractivity contribution in [2.24, 2.45) is 5.92 Å². The second-order valence-corrected chi connectivity index (χ2v) is 9.57. The zero-order valence-electron chi connectivity index (χ0n) is 22.3. The Labute approximate surface area is 230 Å². The molecule has 2 aliphatic heterocycles. The molecule has 4 rings (SSSR count). The minimum Gasteiger partial charge on any atom is -0.495 e. The first-order valence-electron chi connectivity index (χ1n) is 12.9. The van der Waals surface area contributed by atoms with Crippen molar-refractivity contribution in [3.8, 4) is 5.75 Å². The van der Waals surface area contributed by atoms with Crippen LogP contribution in [-0.2, 0) is 9.59 Å². The van der Waals surface area contributed by atoms with Gasteiger partial charge in [-0.3, -0.25) is 20.2 Å². The van der Waals surface area contributed by atoms with E-state index in [1.807, 2.05) is 18.2 Å². The van der Waals surface area contributed by atoms with E-state index in [9.17, 15) is 22.8 Å². The fourth-order valence-corrected chi connectivity index (χ4v) is 4.75. The Bertz CT molecular complexity index is 1220. The number of rotatable bonds is 8. The number of anilines is 4. The van der Waals surface area contributed by atoms with Crippen molar-refractivity contribution in [2.75, 3.05) is 60.7 Å². The van der Waals surface area contributed by atoms with Gasteiger partial charge in [-0.2, -0.15) is 13.2 Å². The third-order valence-electron chi connectivity index (χ3n) is 6.92. The molecule has 13 heteroatoms. The Hall–Kier alpha value is -3.97. The molecule has 2 aromatic carbocycles. The first-order chi connectivity index (χ1) is 19.1. The number of halogens is 3. The molecule has 2 aliphatic rings. The van der Waals surface area contributed by atoms with Gasteiger partial charge in [0.2, 0.25) is 11.8 Å². The summed E-state index contributed by atoms with van der Waals surface area (Å²) in [5.41, 5.74) is 2.35. The molecule has 216 valence electrons. The van der Waals surface area contributed by atoms with Crippen LogP contribution in [0.5, 0.6) is 5.75 Å². The van der Waals surface area contributed by atoms with Crippen molar-refractivity contribution in [1.29, 1.82) is 0 Å². The SMILES string of the molecule is C=CC(=O)Nc1cccc(NC2NC(Nc3ccc(N4CCN(C(C)=O)CC4)cc3OC)NCC2C(F)(F)F)c1. The number of nitrogens with zero attached hydrogens (tertiary/aromatic N) is 2. The monoisotopic (exact) mass is 561 g/mol. The van der Waals surface area contributed by atoms with E-state index in [0.717, 1.165) is 11.8 Å². The van der Waals surface area contributed by atoms with Gasteiger partial charge in [0, 0.05) is 62.8 Å². The summed E-state index contributed by atoms with van der Waals surface area (Å²) < 4.78 is 47.3. The second-order valence-electron chi connectivity index (χ2n) is 9.57. The average Bonchev–Trinajstić information content (AvgIpc) is 2.93. The smallest absolute Gasteiger partial charge is 0.396 e. The number of methoxy groups -OCH3 is 1. The highest BCUT2D eigenvalue weighted by molar-refractivity contribution is 5.99. The van der Waals surface area contributed by atoms with Crippen LogP contribution in [0.3, 0.4) is 0 Å². The predicted octanol–water partition coefficient (Wildman–Crippen LogP) is 2.99. The van der Waals surface area contributed by atoms with Gasteiger partial charge in [0.1, 0.15) is 18.0 Å². The number of carbonyl (C=O) groups is 2. The summed E-state index contributed by atoms with van der Waals surface area (Å²) >= 11 is 0. The van der Waals surface area contributed by atoms with Crippen LogP contribution in [0.25, 0.3) is 0 Å². The molecular formula is C27H34F3N7O3. The Kier molecular flexibility index (Phi) is 9.05. The van der Waals surface area contributed by atoms with E-state index in [4.69, 9.17) is 4.74 Å². The maximum absolute atomic E-state index is 13.9. The normalized spacial score (nSPS) is 21.4. The molecule has 0 aliphatic carbocycles. The summed E-state index contributed by atoms with van der Waals surface area (Å²) in [6.07, 6.45) is -5.24. The molecule has 2 fully saturated rings. The van der Waals surface area contributed by atoms with Gasteiger partial charge in [0.15, 0.2) is 0 Å². The van der Waals surface area contributed by atoms with Gasteiger partial charge in [-0.25, -0.2) is 0 Å². The van der Waals surface area contributed by atoms with E-state index in [0.29, 0.717) is 49.0 Å². The second kappa shape index (κ2) is 12.5. The topological polar surface area (TPSA) is 110 Å². The molecule has 0 radical (unpaired) electrons. The molecule has 0 bridgehead atoms. The maximum Gasteiger partial charge on any atom is 0.396 e. The van der Waals surface area contributed by atoms with Crippen molar-refractivity contribution >= 4 is 34.6 Å². The zero-order valence-corrected chi connectivity index (χ0v) is 22.3. The lowest BCUT2D eigenvalue weighted by atomic mass is 10.0. The maximum atomic E-state index is 13.9. The highest BCUT2D eigenvalue weighted by atomic mass is 19.4. The van der Waals surface area contributed by atoms with E-state index >= 15 is 0 Å². The van der Waals surface area contributed by atoms with Crippen LogP contribution in [0.15, 0.2) is 55.1 Å². The molecule has 0 spiro atoms. The van der Waals surface area contributed by atoms with Gasteiger partial charge in [0.25, 0.3) is 0 Å². The summed E-state index contributed by atoms with van der Waals surface area (Å²) in [4.78, 5) is 27.2. The van der Waals surface area contributed by atoms with Crippen molar-refractivity contribution in [3.05, 3.63) is 55.1 Å². The van der Waals surface area contributed by atoms with Crippen LogP contribution in [-0.4, -0.2) is 75.2 Å². The van der Waals surface area contributed by atoms with Gasteiger partial charge in [-0.15, -0.1) is 0 Å². The quantitative estimate of drug-likeness (QED) is 0.313. The molecule has 0 aromatic heterocycles. The Morgan fingerprint density at radius 3 is 2.45 bits per heavy atom. The fraction of sp³-hybridized carbons (Fsp3) is 0.407. The van der Waals surface area contributed by atoms with Gasteiger partial charge in [0.05, 0.1) is 19.0 Å². The first kappa shape index (κ1) is 29.0. The minimum atomic E-state index is -4.47. The van der Waals surface area contributed by atoms with E-state index in [2.05, 4.69) is 38.1 Å². The van der Waals surface area contributed by atoms with Crippen LogP contribution in [0, 0.1) is 5.92 Å². The van der Waals surface area contributed by atoms with Crippen LogP contribution in [0.1, 0.15) is 6.92 Å². The van der Waals surface area contributed by atoms with Gasteiger partial charge >= 0.3 is 6.18 Å². The lowest BCUT2D eigenvalue weighted by Gasteiger charge is -2.40. The lowest BCUT2D eigenvalue weighted by molar-refractivity contribution is -0.184. The number of nitrogens with one attached hydrogen (secondary N) is 5. The van der Waals surface area contributed by atoms with E-state index in [-0.39, 0.29) is 12.5 Å². The molecular weight excluding hydrogens is 527 g/mol. The molecule has 2 saturated heterocycles. The summed E-state index contributed by atoms with van der Waals surface area (Å²) in [5, 5.41) is 14.6. The number of hydrogen-bond donors (Lipinski definition) is 5. The molecule has 2 heterocycles. The number of amides is 2. The summed E-state index contributed by atoms with van der Waals surface area (Å²) in [6.45, 7) is 7.26. The zero-order chi connectivity index (χ0) is 28.9. The highest BCUT2D eigenvalue weighted by Crippen LogP contribution is 2.33. The summed E-state index contributed by atoms with van der Waals surface area (Å²) in [6, 6.07) is 12.0. The van der Waals surface area contributed by atoms with Crippen LogP contribution in [0.2, 0.25) is 0 Å². The van der Waals surface area contributed by atoms with Crippen LogP contribution >= 0.6 is 0 Å². The van der Waals surface area contributed by atoms with Gasteiger partial charge in [-0.05, 0) is 36.4 Å². The third-order valence-corrected chi connectivity index (χ3v) is 6.92. The molecule has 40 heavy (non-hydrogen) atoms. The first-order valence-corrected chi connectivity index (χ1v) is 12.9. The van der Waals surface area contributed by atoms with Crippen molar-refractivity contribution in [2.45, 2.75) is 25.6 Å². The highest BCUT2D eigenvalue weighted by Gasteiger charge is 2.47. The lowest BCUT2D eigenvalue weighted by Crippen LogP contribution is -2.66. The van der Waals surface area contributed by atoms with E-state index in [1.54, 1.807) is 36.1 Å². The molecule has 3 atom stereocenters. The molecule has 5 N–H and O–H groups in total. The Morgan fingerprint density at radius 1 is 1.07 bits per heavy atom. The summed E-state index contributed by atoms with van der Waals surface area (Å²) in [5.74, 6) is -1.57. The largest absolute Gasteiger partial charge is 0.495 e. The fourth-order valence-electron chi connectivity index (χ4n) is 4.75. The Balaban J connectivity index is 1.46. The molecule has 3 unspecified atom stereocenters. The number of hydrogen-bond acceptors (Lipinski definition) is 8. The van der Waals surface area contributed by atoms with Gasteiger partial charge < -0.3 is 30.5 Å². The molecule has 10 nitrogen and oxygen atoms in total. The standard InChI is InChI=1S/C27H34F3N7O3/c1-4-24(39)32-18-6-5-7-19(14-18)33-25-21(27(28,29)30)16-31-26(35-25)34-22-9-8-20(15-23(22)40-3)37-12-10-36(11-13-37)17(2)38/h4-9,14-15,21,25-26,31,33-35H,1,10-13,16H2,2-3H3,(H,32,39). The number of benzene rings is 2. The number of alkyl halides is 3. The predicted molar refractivity (Wildman–Crippen MR) is 148 cm³/mol. The number of piperazine rings is 1. The Morgan fingerprint density at radius 2 is 1.80 bits per heavy atom. The van der Waals surface area contributed by atoms with Gasteiger partial charge in [-0.1, -0.05) is 12.6 Å². The van der Waals surface area contributed by atoms with Crippen molar-refractivity contribution in [1.82, 2.24) is 15.5 Å². The van der Waals surface area contributed by atoms with E-state index in [1.165, 1.54) is 7.11 Å². The number of carbonyl (C=O) groups excluding carboxylic acids is 2. The molecule has 2 aromatic rings. The number of ether oxygens (including phenoxy) is 1. The van der Waals surface area contributed by atoms with Crippen LogP contribution in [0.4, 0.5) is 35.9 Å². The van der Waals surface area contributed by atoms with E-state index < -0.39 is 30.5 Å². The van der Waals surface area contributed by atoms with Crippen molar-refractivity contribution in [3.63, 3.8) is 0 Å². The third kappa shape index (κ3) is 7.16. The van der Waals surface area contributed by atoms with Crippen molar-refractivity contribution < 1.29 is 27.5 Å². The van der Waals surface area contributed by atoms with Crippen LogP contribution < -0.4 is 36.2 Å². The summed E-state index contributed by atoms with van der Waals surface area (Å²) in [7, 11) is 1.53. The average molecular weight is 562 g/mol. The minimum absolute atomic E-state index is 0.0528. The molecule has 0 saturated carbocycles. The molecule has 2 amide bonds.